The molecule has 1 atom stereocenters. The Labute approximate surface area is 175 Å². The molecule has 8 nitrogen and oxygen atoms in total. The quantitative estimate of drug-likeness (QED) is 0.657. The van der Waals surface area contributed by atoms with Crippen molar-refractivity contribution < 1.29 is 4.79 Å². The van der Waals surface area contributed by atoms with Gasteiger partial charge in [0, 0.05) is 49.4 Å². The standard InChI is InChI=1S/C22H25N7O/c1-16-13-20(26-19-8-3-5-11-23-19)27-22(25-16)18-7-4-6-12-29(18)21(30)10-9-17-14-24-28(2)15-17/h3,5,8-11,13-15,18H,4,6-7,12H2,1-2H3,(H,23,25,26,27). The first kappa shape index (κ1) is 19.8. The summed E-state index contributed by atoms with van der Waals surface area (Å²) < 4.78 is 1.71. The SMILES string of the molecule is Cc1cc(Nc2ccccn2)nc(C2CCCCN2C(=O)C=Cc2cnn(C)c2)n1. The van der Waals surface area contributed by atoms with E-state index in [1.165, 1.54) is 0 Å². The van der Waals surface area contributed by atoms with Crippen molar-refractivity contribution in [1.82, 2.24) is 29.6 Å². The van der Waals surface area contributed by atoms with Crippen LogP contribution < -0.4 is 5.32 Å². The number of aromatic nitrogens is 5. The van der Waals surface area contributed by atoms with Crippen molar-refractivity contribution in [3.8, 4) is 0 Å². The van der Waals surface area contributed by atoms with Crippen molar-refractivity contribution >= 4 is 23.6 Å². The van der Waals surface area contributed by atoms with E-state index in [4.69, 9.17) is 4.98 Å². The maximum absolute atomic E-state index is 13.0. The number of rotatable bonds is 5. The summed E-state index contributed by atoms with van der Waals surface area (Å²) in [7, 11) is 1.85. The summed E-state index contributed by atoms with van der Waals surface area (Å²) in [4.78, 5) is 28.5. The Bertz CT molecular complexity index is 1040. The van der Waals surface area contributed by atoms with Crippen LogP contribution in [0.2, 0.25) is 0 Å². The lowest BCUT2D eigenvalue weighted by Crippen LogP contribution is -2.38. The fraction of sp³-hybridized carbons (Fsp3) is 0.318. The third-order valence-corrected chi connectivity index (χ3v) is 5.02. The number of hydrogen-bond acceptors (Lipinski definition) is 6. The summed E-state index contributed by atoms with van der Waals surface area (Å²) in [6.45, 7) is 2.63. The molecule has 8 heteroatoms. The number of carbonyl (C=O) groups excluding carboxylic acids is 1. The number of pyridine rings is 1. The van der Waals surface area contributed by atoms with E-state index in [9.17, 15) is 4.79 Å². The molecule has 0 aliphatic carbocycles. The van der Waals surface area contributed by atoms with E-state index in [-0.39, 0.29) is 11.9 Å². The van der Waals surface area contributed by atoms with E-state index in [0.29, 0.717) is 18.2 Å². The molecular formula is C22H25N7O. The average molecular weight is 403 g/mol. The van der Waals surface area contributed by atoms with Gasteiger partial charge in [0.2, 0.25) is 5.91 Å². The smallest absolute Gasteiger partial charge is 0.247 e. The first-order valence-corrected chi connectivity index (χ1v) is 10.1. The molecule has 1 saturated heterocycles. The van der Waals surface area contributed by atoms with Crippen LogP contribution in [0.4, 0.5) is 11.6 Å². The molecule has 0 aromatic carbocycles. The minimum atomic E-state index is -0.144. The number of anilines is 2. The second-order valence-electron chi connectivity index (χ2n) is 7.42. The van der Waals surface area contributed by atoms with Crippen molar-refractivity contribution in [3.63, 3.8) is 0 Å². The van der Waals surface area contributed by atoms with Gasteiger partial charge >= 0.3 is 0 Å². The maximum atomic E-state index is 13.0. The molecule has 1 aliphatic rings. The van der Waals surface area contributed by atoms with Crippen LogP contribution in [0.15, 0.2) is 48.9 Å². The summed E-state index contributed by atoms with van der Waals surface area (Å²) >= 11 is 0. The number of carbonyl (C=O) groups is 1. The Morgan fingerprint density at radius 1 is 1.23 bits per heavy atom. The van der Waals surface area contributed by atoms with Gasteiger partial charge in [0.1, 0.15) is 11.6 Å². The monoisotopic (exact) mass is 403 g/mol. The first-order chi connectivity index (χ1) is 14.6. The van der Waals surface area contributed by atoms with Gasteiger partial charge in [-0.1, -0.05) is 6.07 Å². The molecule has 1 N–H and O–H groups in total. The zero-order chi connectivity index (χ0) is 20.9. The molecule has 4 heterocycles. The predicted molar refractivity (Wildman–Crippen MR) is 115 cm³/mol. The second kappa shape index (κ2) is 8.86. The summed E-state index contributed by atoms with van der Waals surface area (Å²) in [6.07, 6.45) is 11.6. The van der Waals surface area contributed by atoms with Crippen LogP contribution in [-0.4, -0.2) is 42.1 Å². The van der Waals surface area contributed by atoms with E-state index in [1.807, 2.05) is 49.3 Å². The van der Waals surface area contributed by atoms with Crippen LogP contribution in [0.3, 0.4) is 0 Å². The van der Waals surface area contributed by atoms with E-state index >= 15 is 0 Å². The Morgan fingerprint density at radius 3 is 2.90 bits per heavy atom. The van der Waals surface area contributed by atoms with Crippen molar-refractivity contribution in [2.24, 2.45) is 7.05 Å². The molecule has 154 valence electrons. The number of piperidine rings is 1. The molecule has 0 saturated carbocycles. The minimum Gasteiger partial charge on any atom is -0.329 e. The van der Waals surface area contributed by atoms with Gasteiger partial charge in [0.25, 0.3) is 0 Å². The van der Waals surface area contributed by atoms with Gasteiger partial charge in [0.15, 0.2) is 5.82 Å². The highest BCUT2D eigenvalue weighted by molar-refractivity contribution is 5.92. The lowest BCUT2D eigenvalue weighted by atomic mass is 10.0. The van der Waals surface area contributed by atoms with Crippen molar-refractivity contribution in [2.45, 2.75) is 32.2 Å². The number of nitrogens with one attached hydrogen (secondary N) is 1. The zero-order valence-corrected chi connectivity index (χ0v) is 17.2. The Morgan fingerprint density at radius 2 is 2.13 bits per heavy atom. The van der Waals surface area contributed by atoms with Crippen molar-refractivity contribution in [3.05, 3.63) is 66.0 Å². The molecule has 4 rings (SSSR count). The van der Waals surface area contributed by atoms with Crippen LogP contribution in [0.1, 0.15) is 42.4 Å². The molecule has 3 aromatic rings. The van der Waals surface area contributed by atoms with Crippen molar-refractivity contribution in [2.75, 3.05) is 11.9 Å². The van der Waals surface area contributed by atoms with Gasteiger partial charge in [-0.25, -0.2) is 15.0 Å². The van der Waals surface area contributed by atoms with Crippen LogP contribution >= 0.6 is 0 Å². The molecule has 3 aromatic heterocycles. The molecule has 1 fully saturated rings. The lowest BCUT2D eigenvalue weighted by Gasteiger charge is -2.34. The lowest BCUT2D eigenvalue weighted by molar-refractivity contribution is -0.129. The average Bonchev–Trinajstić information content (AvgIpc) is 3.17. The second-order valence-corrected chi connectivity index (χ2v) is 7.42. The highest BCUT2D eigenvalue weighted by atomic mass is 16.2. The van der Waals surface area contributed by atoms with Gasteiger partial charge in [-0.15, -0.1) is 0 Å². The van der Waals surface area contributed by atoms with Crippen LogP contribution in [0, 0.1) is 6.92 Å². The van der Waals surface area contributed by atoms with E-state index in [1.54, 1.807) is 29.2 Å². The van der Waals surface area contributed by atoms with E-state index in [0.717, 1.165) is 36.3 Å². The number of aryl methyl sites for hydroxylation is 2. The topological polar surface area (TPSA) is 88.8 Å². The molecule has 0 spiro atoms. The first-order valence-electron chi connectivity index (χ1n) is 10.1. The predicted octanol–water partition coefficient (Wildman–Crippen LogP) is 3.42. The Hall–Kier alpha value is -3.55. The van der Waals surface area contributed by atoms with Gasteiger partial charge in [-0.2, -0.15) is 5.10 Å². The molecule has 1 unspecified atom stereocenters. The van der Waals surface area contributed by atoms with Gasteiger partial charge in [-0.05, 0) is 44.4 Å². The highest BCUT2D eigenvalue weighted by Gasteiger charge is 2.29. The van der Waals surface area contributed by atoms with E-state index in [2.05, 4.69) is 20.4 Å². The summed E-state index contributed by atoms with van der Waals surface area (Å²) in [5.74, 6) is 2.03. The van der Waals surface area contributed by atoms with Crippen LogP contribution in [0.5, 0.6) is 0 Å². The Kier molecular flexibility index (Phi) is 5.83. The van der Waals surface area contributed by atoms with Gasteiger partial charge in [0.05, 0.1) is 12.2 Å². The van der Waals surface area contributed by atoms with Gasteiger partial charge in [-0.3, -0.25) is 9.48 Å². The summed E-state index contributed by atoms with van der Waals surface area (Å²) in [5, 5.41) is 7.36. The fourth-order valence-electron chi connectivity index (χ4n) is 3.63. The molecule has 0 bridgehead atoms. The third-order valence-electron chi connectivity index (χ3n) is 5.02. The number of amides is 1. The third kappa shape index (κ3) is 4.71. The van der Waals surface area contributed by atoms with Crippen molar-refractivity contribution in [1.29, 1.82) is 0 Å². The molecule has 1 aliphatic heterocycles. The fourth-order valence-corrected chi connectivity index (χ4v) is 3.63. The van der Waals surface area contributed by atoms with Crippen LogP contribution in [0.25, 0.3) is 6.08 Å². The highest BCUT2D eigenvalue weighted by Crippen LogP contribution is 2.30. The largest absolute Gasteiger partial charge is 0.329 e. The number of likely N-dealkylation sites (tertiary alicyclic amines) is 1. The van der Waals surface area contributed by atoms with Gasteiger partial charge < -0.3 is 10.2 Å². The molecular weight excluding hydrogens is 378 g/mol. The zero-order valence-electron chi connectivity index (χ0n) is 17.2. The Balaban J connectivity index is 1.56. The van der Waals surface area contributed by atoms with E-state index < -0.39 is 0 Å². The normalized spacial score (nSPS) is 16.7. The molecule has 0 radical (unpaired) electrons. The molecule has 30 heavy (non-hydrogen) atoms. The number of nitrogens with zero attached hydrogens (tertiary/aromatic N) is 6. The maximum Gasteiger partial charge on any atom is 0.247 e. The minimum absolute atomic E-state index is 0.0344. The molecule has 1 amide bonds. The number of hydrogen-bond donors (Lipinski definition) is 1. The summed E-state index contributed by atoms with van der Waals surface area (Å²) in [5.41, 5.74) is 1.75. The van der Waals surface area contributed by atoms with Crippen LogP contribution in [-0.2, 0) is 11.8 Å². The summed E-state index contributed by atoms with van der Waals surface area (Å²) in [6, 6.07) is 7.41.